The molecule has 0 aromatic carbocycles. The summed E-state index contributed by atoms with van der Waals surface area (Å²) >= 11 is 0. The summed E-state index contributed by atoms with van der Waals surface area (Å²) in [5.74, 6) is 0.449. The van der Waals surface area contributed by atoms with E-state index < -0.39 is 0 Å². The summed E-state index contributed by atoms with van der Waals surface area (Å²) in [6.45, 7) is 6.70. The lowest BCUT2D eigenvalue weighted by atomic mass is 9.92. The first-order valence-corrected chi connectivity index (χ1v) is 6.55. The molecule has 2 heterocycles. The van der Waals surface area contributed by atoms with Crippen molar-refractivity contribution in [1.29, 1.82) is 0 Å². The highest BCUT2D eigenvalue weighted by Gasteiger charge is 2.32. The molecule has 2 aliphatic heterocycles. The van der Waals surface area contributed by atoms with E-state index in [0.717, 1.165) is 19.4 Å². The lowest BCUT2D eigenvalue weighted by Crippen LogP contribution is -2.53. The van der Waals surface area contributed by atoms with Crippen LogP contribution in [0.15, 0.2) is 0 Å². The lowest BCUT2D eigenvalue weighted by Gasteiger charge is -2.44. The van der Waals surface area contributed by atoms with Crippen molar-refractivity contribution < 1.29 is 4.79 Å². The number of carbonyl (C=O) groups is 1. The SMILES string of the molecule is CC1CC(N2CCC(=O)CC2C)CCN1C. The van der Waals surface area contributed by atoms with Crippen molar-refractivity contribution in [3.63, 3.8) is 0 Å². The van der Waals surface area contributed by atoms with Gasteiger partial charge in [-0.25, -0.2) is 0 Å². The first kappa shape index (κ1) is 12.1. The van der Waals surface area contributed by atoms with Crippen molar-refractivity contribution in [2.24, 2.45) is 0 Å². The van der Waals surface area contributed by atoms with Gasteiger partial charge in [0.25, 0.3) is 0 Å². The zero-order valence-electron chi connectivity index (χ0n) is 10.8. The number of ketones is 1. The van der Waals surface area contributed by atoms with Crippen LogP contribution in [0.3, 0.4) is 0 Å². The Hall–Kier alpha value is -0.410. The van der Waals surface area contributed by atoms with Gasteiger partial charge < -0.3 is 4.90 Å². The van der Waals surface area contributed by atoms with Crippen molar-refractivity contribution in [1.82, 2.24) is 9.80 Å². The fourth-order valence-corrected chi connectivity index (χ4v) is 3.13. The molecule has 16 heavy (non-hydrogen) atoms. The van der Waals surface area contributed by atoms with Gasteiger partial charge in [0.15, 0.2) is 0 Å². The third-order valence-corrected chi connectivity index (χ3v) is 4.39. The highest BCUT2D eigenvalue weighted by atomic mass is 16.1. The fraction of sp³-hybridized carbons (Fsp3) is 0.923. The van der Waals surface area contributed by atoms with Gasteiger partial charge in [-0.1, -0.05) is 0 Å². The molecular weight excluding hydrogens is 200 g/mol. The molecule has 2 aliphatic rings. The van der Waals surface area contributed by atoms with Crippen LogP contribution in [0, 0.1) is 0 Å². The molecule has 0 spiro atoms. The highest BCUT2D eigenvalue weighted by Crippen LogP contribution is 2.25. The Morgan fingerprint density at radius 1 is 1.19 bits per heavy atom. The van der Waals surface area contributed by atoms with Gasteiger partial charge >= 0.3 is 0 Å². The molecule has 0 saturated carbocycles. The summed E-state index contributed by atoms with van der Waals surface area (Å²) in [6, 6.07) is 1.85. The molecule has 0 N–H and O–H groups in total. The highest BCUT2D eigenvalue weighted by molar-refractivity contribution is 5.79. The maximum atomic E-state index is 11.4. The number of rotatable bonds is 1. The van der Waals surface area contributed by atoms with Gasteiger partial charge in [0.2, 0.25) is 0 Å². The first-order chi connectivity index (χ1) is 7.58. The molecule has 0 bridgehead atoms. The van der Waals surface area contributed by atoms with Gasteiger partial charge in [0.1, 0.15) is 5.78 Å². The maximum absolute atomic E-state index is 11.4. The van der Waals surface area contributed by atoms with E-state index >= 15 is 0 Å². The van der Waals surface area contributed by atoms with E-state index in [0.29, 0.717) is 23.9 Å². The zero-order chi connectivity index (χ0) is 11.7. The standard InChI is InChI=1S/C13H24N2O/c1-10-8-12(4-6-14(10)3)15-7-5-13(16)9-11(15)2/h10-12H,4-9H2,1-3H3. The van der Waals surface area contributed by atoms with Crippen molar-refractivity contribution in [2.45, 2.75) is 57.7 Å². The molecule has 3 unspecified atom stereocenters. The number of Topliss-reactive ketones (excluding diaryl/α,β-unsaturated/α-hetero) is 1. The second kappa shape index (κ2) is 4.84. The average Bonchev–Trinajstić information content (AvgIpc) is 2.22. The average molecular weight is 224 g/mol. The molecule has 3 heteroatoms. The van der Waals surface area contributed by atoms with Crippen molar-refractivity contribution in [2.75, 3.05) is 20.1 Å². The monoisotopic (exact) mass is 224 g/mol. The van der Waals surface area contributed by atoms with E-state index in [1.807, 2.05) is 0 Å². The van der Waals surface area contributed by atoms with E-state index in [-0.39, 0.29) is 0 Å². The minimum atomic E-state index is 0.449. The summed E-state index contributed by atoms with van der Waals surface area (Å²) < 4.78 is 0. The molecule has 2 saturated heterocycles. The minimum absolute atomic E-state index is 0.449. The van der Waals surface area contributed by atoms with Gasteiger partial charge in [0, 0.05) is 37.5 Å². The Balaban J connectivity index is 1.94. The zero-order valence-corrected chi connectivity index (χ0v) is 10.8. The van der Waals surface area contributed by atoms with Crippen molar-refractivity contribution in [3.8, 4) is 0 Å². The van der Waals surface area contributed by atoms with Crippen molar-refractivity contribution >= 4 is 5.78 Å². The molecule has 0 amide bonds. The van der Waals surface area contributed by atoms with Crippen LogP contribution in [0.2, 0.25) is 0 Å². The molecule has 0 radical (unpaired) electrons. The largest absolute Gasteiger partial charge is 0.304 e. The number of likely N-dealkylation sites (tertiary alicyclic amines) is 2. The van der Waals surface area contributed by atoms with E-state index in [9.17, 15) is 4.79 Å². The third kappa shape index (κ3) is 2.46. The van der Waals surface area contributed by atoms with Gasteiger partial charge in [-0.15, -0.1) is 0 Å². The van der Waals surface area contributed by atoms with E-state index in [2.05, 4.69) is 30.7 Å². The predicted octanol–water partition coefficient (Wildman–Crippen LogP) is 1.52. The van der Waals surface area contributed by atoms with Crippen LogP contribution in [-0.2, 0) is 4.79 Å². The Morgan fingerprint density at radius 3 is 2.56 bits per heavy atom. The Bertz CT molecular complexity index is 267. The number of hydrogen-bond donors (Lipinski definition) is 0. The number of carbonyl (C=O) groups excluding carboxylic acids is 1. The third-order valence-electron chi connectivity index (χ3n) is 4.39. The molecule has 0 aromatic rings. The first-order valence-electron chi connectivity index (χ1n) is 6.55. The fourth-order valence-electron chi connectivity index (χ4n) is 3.13. The summed E-state index contributed by atoms with van der Waals surface area (Å²) in [5.41, 5.74) is 0. The van der Waals surface area contributed by atoms with E-state index in [1.54, 1.807) is 0 Å². The van der Waals surface area contributed by atoms with Gasteiger partial charge in [-0.05, 0) is 40.3 Å². The molecule has 2 rings (SSSR count). The molecule has 3 nitrogen and oxygen atoms in total. The quantitative estimate of drug-likeness (QED) is 0.675. The number of nitrogens with zero attached hydrogens (tertiary/aromatic N) is 2. The van der Waals surface area contributed by atoms with Crippen LogP contribution in [-0.4, -0.2) is 53.8 Å². The number of piperidine rings is 2. The van der Waals surface area contributed by atoms with Crippen molar-refractivity contribution in [3.05, 3.63) is 0 Å². The van der Waals surface area contributed by atoms with Gasteiger partial charge in [-0.2, -0.15) is 0 Å². The number of hydrogen-bond acceptors (Lipinski definition) is 3. The molecule has 2 fully saturated rings. The van der Waals surface area contributed by atoms with Crippen LogP contribution in [0.5, 0.6) is 0 Å². The summed E-state index contributed by atoms with van der Waals surface area (Å²) in [6.07, 6.45) is 4.06. The van der Waals surface area contributed by atoms with Gasteiger partial charge in [-0.3, -0.25) is 9.69 Å². The van der Waals surface area contributed by atoms with E-state index in [4.69, 9.17) is 0 Å². The Kier molecular flexibility index (Phi) is 3.65. The lowest BCUT2D eigenvalue weighted by molar-refractivity contribution is -0.124. The topological polar surface area (TPSA) is 23.6 Å². The molecule has 0 aromatic heterocycles. The van der Waals surface area contributed by atoms with Gasteiger partial charge in [0.05, 0.1) is 0 Å². The minimum Gasteiger partial charge on any atom is -0.304 e. The van der Waals surface area contributed by atoms with Crippen LogP contribution < -0.4 is 0 Å². The van der Waals surface area contributed by atoms with E-state index in [1.165, 1.54) is 19.4 Å². The van der Waals surface area contributed by atoms with Crippen LogP contribution >= 0.6 is 0 Å². The van der Waals surface area contributed by atoms with Crippen LogP contribution in [0.1, 0.15) is 39.5 Å². The maximum Gasteiger partial charge on any atom is 0.135 e. The second-order valence-electron chi connectivity index (χ2n) is 5.59. The van der Waals surface area contributed by atoms with Crippen LogP contribution in [0.4, 0.5) is 0 Å². The summed E-state index contributed by atoms with van der Waals surface area (Å²) in [5, 5.41) is 0. The Morgan fingerprint density at radius 2 is 1.94 bits per heavy atom. The smallest absolute Gasteiger partial charge is 0.135 e. The summed E-state index contributed by atoms with van der Waals surface area (Å²) in [7, 11) is 2.21. The Labute approximate surface area is 98.8 Å². The molecule has 92 valence electrons. The molecular formula is C13H24N2O. The predicted molar refractivity (Wildman–Crippen MR) is 65.5 cm³/mol. The molecule has 0 aliphatic carbocycles. The molecule has 3 atom stereocenters. The summed E-state index contributed by atoms with van der Waals surface area (Å²) in [4.78, 5) is 16.4. The normalized spacial score (nSPS) is 38.9. The van der Waals surface area contributed by atoms with Crippen LogP contribution in [0.25, 0.3) is 0 Å². The second-order valence-corrected chi connectivity index (χ2v) is 5.59.